The van der Waals surface area contributed by atoms with Gasteiger partial charge < -0.3 is 9.47 Å². The minimum absolute atomic E-state index is 0.145. The summed E-state index contributed by atoms with van der Waals surface area (Å²) in [6.07, 6.45) is 1.38. The molecule has 2 nitrogen and oxygen atoms in total. The van der Waals surface area contributed by atoms with Crippen molar-refractivity contribution in [3.05, 3.63) is 35.9 Å². The van der Waals surface area contributed by atoms with Crippen molar-refractivity contribution in [3.8, 4) is 11.5 Å². The van der Waals surface area contributed by atoms with E-state index in [1.807, 2.05) is 26.0 Å². The molecule has 0 bridgehead atoms. The molecule has 22 heavy (non-hydrogen) atoms. The van der Waals surface area contributed by atoms with E-state index in [1.54, 1.807) is 0 Å². The maximum Gasteiger partial charge on any atom is 0.123 e. The molecule has 0 spiro atoms. The van der Waals surface area contributed by atoms with E-state index in [0.717, 1.165) is 17.9 Å². The Morgan fingerprint density at radius 2 is 1.77 bits per heavy atom. The van der Waals surface area contributed by atoms with E-state index in [-0.39, 0.29) is 12.2 Å². The molecular formula is C19H25BrO2. The Morgan fingerprint density at radius 1 is 1.05 bits per heavy atom. The minimum atomic E-state index is 0.145. The number of aryl methyl sites for hydroxylation is 1. The van der Waals surface area contributed by atoms with Crippen LogP contribution in [0.4, 0.5) is 0 Å². The normalized spacial score (nSPS) is 14.1. The van der Waals surface area contributed by atoms with E-state index < -0.39 is 0 Å². The molecule has 0 saturated carbocycles. The van der Waals surface area contributed by atoms with E-state index >= 15 is 0 Å². The highest BCUT2D eigenvalue weighted by molar-refractivity contribution is 9.09. The van der Waals surface area contributed by atoms with Crippen LogP contribution in [0, 0.1) is 6.92 Å². The Morgan fingerprint density at radius 3 is 2.41 bits per heavy atom. The van der Waals surface area contributed by atoms with Crippen LogP contribution in [0.1, 0.15) is 39.7 Å². The Bertz CT molecular complexity index is 637. The molecule has 2 atom stereocenters. The fourth-order valence-corrected chi connectivity index (χ4v) is 2.63. The third-order valence-electron chi connectivity index (χ3n) is 3.79. The maximum absolute atomic E-state index is 6.03. The van der Waals surface area contributed by atoms with Gasteiger partial charge in [0.25, 0.3) is 0 Å². The first-order chi connectivity index (χ1) is 10.4. The standard InChI is InChI=1S/C19H25BrO2/c1-6-18(20)14(5)22-16-8-9-17-13(4)19(21-12(2)3)10-7-15(17)11-16/h7-12,14,18H,6H2,1-5H3. The topological polar surface area (TPSA) is 18.5 Å². The van der Waals surface area contributed by atoms with Crippen molar-refractivity contribution < 1.29 is 9.47 Å². The van der Waals surface area contributed by atoms with Crippen molar-refractivity contribution in [1.29, 1.82) is 0 Å². The summed E-state index contributed by atoms with van der Waals surface area (Å²) < 4.78 is 11.9. The number of alkyl halides is 1. The van der Waals surface area contributed by atoms with Gasteiger partial charge in [0.1, 0.15) is 17.6 Å². The van der Waals surface area contributed by atoms with Crippen molar-refractivity contribution in [1.82, 2.24) is 0 Å². The van der Waals surface area contributed by atoms with Gasteiger partial charge in [0.05, 0.1) is 10.9 Å². The molecule has 120 valence electrons. The zero-order valence-corrected chi connectivity index (χ0v) is 15.6. The Hall–Kier alpha value is -1.22. The smallest absolute Gasteiger partial charge is 0.123 e. The largest absolute Gasteiger partial charge is 0.491 e. The van der Waals surface area contributed by atoms with Gasteiger partial charge in [-0.05, 0) is 68.7 Å². The number of fused-ring (bicyclic) bond motifs is 1. The Balaban J connectivity index is 2.28. The molecular weight excluding hydrogens is 340 g/mol. The third-order valence-corrected chi connectivity index (χ3v) is 5.19. The second-order valence-corrected chi connectivity index (χ2v) is 7.16. The van der Waals surface area contributed by atoms with Gasteiger partial charge >= 0.3 is 0 Å². The van der Waals surface area contributed by atoms with Gasteiger partial charge in [-0.2, -0.15) is 0 Å². The van der Waals surface area contributed by atoms with Crippen LogP contribution < -0.4 is 9.47 Å². The second-order valence-electron chi connectivity index (χ2n) is 5.99. The first-order valence-corrected chi connectivity index (χ1v) is 8.84. The summed E-state index contributed by atoms with van der Waals surface area (Å²) in [6.45, 7) is 10.4. The molecule has 2 aromatic rings. The van der Waals surface area contributed by atoms with Crippen LogP contribution >= 0.6 is 15.9 Å². The number of ether oxygens (including phenoxy) is 2. The number of hydrogen-bond acceptors (Lipinski definition) is 2. The summed E-state index contributed by atoms with van der Waals surface area (Å²) in [5.41, 5.74) is 1.18. The zero-order chi connectivity index (χ0) is 16.3. The van der Waals surface area contributed by atoms with Crippen LogP contribution in [-0.2, 0) is 0 Å². The molecule has 0 saturated heterocycles. The summed E-state index contributed by atoms with van der Waals surface area (Å²) in [6, 6.07) is 10.4. The van der Waals surface area contributed by atoms with E-state index in [9.17, 15) is 0 Å². The molecule has 0 amide bonds. The van der Waals surface area contributed by atoms with E-state index in [4.69, 9.17) is 9.47 Å². The molecule has 0 N–H and O–H groups in total. The lowest BCUT2D eigenvalue weighted by atomic mass is 10.0. The first-order valence-electron chi connectivity index (χ1n) is 7.93. The van der Waals surface area contributed by atoms with Crippen LogP contribution in [0.15, 0.2) is 30.3 Å². The number of benzene rings is 2. The number of hydrogen-bond donors (Lipinski definition) is 0. The van der Waals surface area contributed by atoms with Gasteiger partial charge in [0.15, 0.2) is 0 Å². The number of halogens is 1. The van der Waals surface area contributed by atoms with E-state index in [1.165, 1.54) is 16.3 Å². The van der Waals surface area contributed by atoms with Crippen molar-refractivity contribution in [2.75, 3.05) is 0 Å². The summed E-state index contributed by atoms with van der Waals surface area (Å²) in [5.74, 6) is 1.87. The molecule has 3 heteroatoms. The van der Waals surface area contributed by atoms with Crippen molar-refractivity contribution >= 4 is 26.7 Å². The fraction of sp³-hybridized carbons (Fsp3) is 0.474. The lowest BCUT2D eigenvalue weighted by Gasteiger charge is -2.20. The van der Waals surface area contributed by atoms with Crippen molar-refractivity contribution in [3.63, 3.8) is 0 Å². The third kappa shape index (κ3) is 3.95. The van der Waals surface area contributed by atoms with Crippen molar-refractivity contribution in [2.24, 2.45) is 0 Å². The lowest BCUT2D eigenvalue weighted by molar-refractivity contribution is 0.218. The van der Waals surface area contributed by atoms with Crippen molar-refractivity contribution in [2.45, 2.75) is 58.1 Å². The monoisotopic (exact) mass is 364 g/mol. The average Bonchev–Trinajstić information content (AvgIpc) is 2.49. The Labute approximate surface area is 141 Å². The molecule has 2 unspecified atom stereocenters. The highest BCUT2D eigenvalue weighted by Gasteiger charge is 2.14. The summed E-state index contributed by atoms with van der Waals surface area (Å²) in [7, 11) is 0. The number of rotatable bonds is 6. The van der Waals surface area contributed by atoms with Gasteiger partial charge in [0.2, 0.25) is 0 Å². The van der Waals surface area contributed by atoms with Gasteiger partial charge in [0, 0.05) is 0 Å². The molecule has 0 fully saturated rings. The molecule has 0 radical (unpaired) electrons. The predicted octanol–water partition coefficient (Wildman–Crippen LogP) is 5.88. The molecule has 0 aliphatic carbocycles. The quantitative estimate of drug-likeness (QED) is 0.596. The van der Waals surface area contributed by atoms with Crippen LogP contribution in [0.3, 0.4) is 0 Å². The molecule has 2 aromatic carbocycles. The van der Waals surface area contributed by atoms with Gasteiger partial charge in [-0.1, -0.05) is 35.0 Å². The SMILES string of the molecule is CCC(Br)C(C)Oc1ccc2c(C)c(OC(C)C)ccc2c1. The average molecular weight is 365 g/mol. The van der Waals surface area contributed by atoms with Gasteiger partial charge in [-0.25, -0.2) is 0 Å². The van der Waals surface area contributed by atoms with E-state index in [0.29, 0.717) is 4.83 Å². The Kier molecular flexibility index (Phi) is 5.74. The molecule has 0 aromatic heterocycles. The molecule has 2 rings (SSSR count). The van der Waals surface area contributed by atoms with Gasteiger partial charge in [-0.3, -0.25) is 0 Å². The molecule has 0 heterocycles. The van der Waals surface area contributed by atoms with Crippen LogP contribution in [0.2, 0.25) is 0 Å². The fourth-order valence-electron chi connectivity index (χ4n) is 2.52. The minimum Gasteiger partial charge on any atom is -0.491 e. The predicted molar refractivity (Wildman–Crippen MR) is 97.5 cm³/mol. The van der Waals surface area contributed by atoms with Crippen LogP contribution in [0.5, 0.6) is 11.5 Å². The molecule has 0 aliphatic heterocycles. The first kappa shape index (κ1) is 17.1. The highest BCUT2D eigenvalue weighted by atomic mass is 79.9. The zero-order valence-electron chi connectivity index (χ0n) is 14.0. The second kappa shape index (κ2) is 7.36. The summed E-state index contributed by atoms with van der Waals surface area (Å²) in [5, 5.41) is 2.39. The highest BCUT2D eigenvalue weighted by Crippen LogP contribution is 2.31. The van der Waals surface area contributed by atoms with Crippen LogP contribution in [-0.4, -0.2) is 17.0 Å². The maximum atomic E-state index is 6.03. The van der Waals surface area contributed by atoms with Gasteiger partial charge in [-0.15, -0.1) is 0 Å². The summed E-state index contributed by atoms with van der Waals surface area (Å²) in [4.78, 5) is 0.367. The van der Waals surface area contributed by atoms with E-state index in [2.05, 4.69) is 54.9 Å². The lowest BCUT2D eigenvalue weighted by Crippen LogP contribution is -2.22. The molecule has 0 aliphatic rings. The van der Waals surface area contributed by atoms with Crippen LogP contribution in [0.25, 0.3) is 10.8 Å². The summed E-state index contributed by atoms with van der Waals surface area (Å²) >= 11 is 3.65.